The topological polar surface area (TPSA) is 50.9 Å². The minimum atomic E-state index is 0.546. The first-order chi connectivity index (χ1) is 8.69. The van der Waals surface area contributed by atoms with Crippen molar-refractivity contribution in [1.82, 2.24) is 4.98 Å². The van der Waals surface area contributed by atoms with E-state index in [-0.39, 0.29) is 0 Å². The van der Waals surface area contributed by atoms with Crippen LogP contribution >= 0.6 is 34.2 Å². The van der Waals surface area contributed by atoms with Gasteiger partial charge in [0, 0.05) is 12.7 Å². The molecule has 3 nitrogen and oxygen atoms in total. The third-order valence-electron chi connectivity index (χ3n) is 3.70. The van der Waals surface area contributed by atoms with Gasteiger partial charge in [-0.25, -0.2) is 4.98 Å². The van der Waals surface area contributed by atoms with Gasteiger partial charge in [0.25, 0.3) is 0 Å². The van der Waals surface area contributed by atoms with Gasteiger partial charge < -0.3 is 11.1 Å². The van der Waals surface area contributed by atoms with Crippen molar-refractivity contribution in [3.05, 3.63) is 21.0 Å². The van der Waals surface area contributed by atoms with Gasteiger partial charge in [-0.15, -0.1) is 0 Å². The smallest absolute Gasteiger partial charge is 0.131 e. The molecule has 0 unspecified atom stereocenters. The Morgan fingerprint density at radius 2 is 2.00 bits per heavy atom. The van der Waals surface area contributed by atoms with Crippen LogP contribution in [-0.2, 0) is 0 Å². The Balaban J connectivity index is 1.83. The molecule has 0 aliphatic heterocycles. The number of nitrogens with two attached hydrogens (primary N) is 1. The molecule has 0 atom stereocenters. The molecule has 1 aromatic heterocycles. The molecule has 100 valence electrons. The number of anilines is 1. The van der Waals surface area contributed by atoms with E-state index in [1.165, 1.54) is 25.7 Å². The van der Waals surface area contributed by atoms with E-state index in [1.54, 1.807) is 6.20 Å². The standard InChI is InChI=1S/C13H19ClIN3/c14-13-5-12(11(15)8-18-13)17-7-10-3-1-9(6-16)2-4-10/h5,8-10H,1-4,6-7,16H2,(H,17,18). The third kappa shape index (κ3) is 3.96. The maximum absolute atomic E-state index is 5.91. The Morgan fingerprint density at radius 3 is 2.67 bits per heavy atom. The lowest BCUT2D eigenvalue weighted by atomic mass is 9.82. The summed E-state index contributed by atoms with van der Waals surface area (Å²) in [7, 11) is 0. The molecule has 0 aromatic carbocycles. The monoisotopic (exact) mass is 379 g/mol. The lowest BCUT2D eigenvalue weighted by molar-refractivity contribution is 0.289. The number of hydrogen-bond donors (Lipinski definition) is 2. The third-order valence-corrected chi connectivity index (χ3v) is 4.77. The van der Waals surface area contributed by atoms with Crippen LogP contribution in [-0.4, -0.2) is 18.1 Å². The highest BCUT2D eigenvalue weighted by molar-refractivity contribution is 14.1. The highest BCUT2D eigenvalue weighted by Gasteiger charge is 2.20. The SMILES string of the molecule is NCC1CCC(CNc2cc(Cl)ncc2I)CC1. The second-order valence-corrected chi connectivity index (χ2v) is 6.54. The highest BCUT2D eigenvalue weighted by atomic mass is 127. The molecule has 5 heteroatoms. The van der Waals surface area contributed by atoms with E-state index >= 15 is 0 Å². The molecular formula is C13H19ClIN3. The molecular weight excluding hydrogens is 361 g/mol. The Bertz CT molecular complexity index is 392. The first-order valence-corrected chi connectivity index (χ1v) is 7.89. The van der Waals surface area contributed by atoms with Gasteiger partial charge in [-0.3, -0.25) is 0 Å². The van der Waals surface area contributed by atoms with Crippen molar-refractivity contribution in [1.29, 1.82) is 0 Å². The summed E-state index contributed by atoms with van der Waals surface area (Å²) in [5, 5.41) is 4.04. The number of nitrogens with zero attached hydrogens (tertiary/aromatic N) is 1. The van der Waals surface area contributed by atoms with Crippen molar-refractivity contribution in [3.8, 4) is 0 Å². The fourth-order valence-corrected chi connectivity index (χ4v) is 3.12. The molecule has 1 saturated carbocycles. The fraction of sp³-hybridized carbons (Fsp3) is 0.615. The van der Waals surface area contributed by atoms with Crippen LogP contribution in [0.5, 0.6) is 0 Å². The van der Waals surface area contributed by atoms with E-state index in [4.69, 9.17) is 17.3 Å². The van der Waals surface area contributed by atoms with Gasteiger partial charge in [-0.05, 0) is 72.7 Å². The van der Waals surface area contributed by atoms with Crippen molar-refractivity contribution in [2.75, 3.05) is 18.4 Å². The minimum Gasteiger partial charge on any atom is -0.384 e. The summed E-state index contributed by atoms with van der Waals surface area (Å²) in [4.78, 5) is 4.06. The second kappa shape index (κ2) is 6.91. The summed E-state index contributed by atoms with van der Waals surface area (Å²) in [5.74, 6) is 1.51. The Morgan fingerprint density at radius 1 is 1.33 bits per heavy atom. The molecule has 0 saturated heterocycles. The molecule has 1 aromatic rings. The van der Waals surface area contributed by atoms with E-state index in [0.717, 1.165) is 34.2 Å². The molecule has 0 amide bonds. The molecule has 1 aliphatic rings. The number of hydrogen-bond acceptors (Lipinski definition) is 3. The zero-order chi connectivity index (χ0) is 13.0. The van der Waals surface area contributed by atoms with Crippen LogP contribution in [0.25, 0.3) is 0 Å². The van der Waals surface area contributed by atoms with Gasteiger partial charge in [-0.1, -0.05) is 11.6 Å². The average molecular weight is 380 g/mol. The van der Waals surface area contributed by atoms with E-state index in [1.807, 2.05) is 6.07 Å². The largest absolute Gasteiger partial charge is 0.384 e. The van der Waals surface area contributed by atoms with Crippen LogP contribution < -0.4 is 11.1 Å². The summed E-state index contributed by atoms with van der Waals surface area (Å²) in [6.07, 6.45) is 6.92. The van der Waals surface area contributed by atoms with Crippen LogP contribution in [0.3, 0.4) is 0 Å². The van der Waals surface area contributed by atoms with Crippen molar-refractivity contribution >= 4 is 39.9 Å². The molecule has 0 bridgehead atoms. The maximum Gasteiger partial charge on any atom is 0.131 e. The molecule has 1 aliphatic carbocycles. The first-order valence-electron chi connectivity index (χ1n) is 6.44. The van der Waals surface area contributed by atoms with Gasteiger partial charge in [0.05, 0.1) is 9.26 Å². The number of aromatic nitrogens is 1. The zero-order valence-electron chi connectivity index (χ0n) is 10.3. The van der Waals surface area contributed by atoms with Crippen LogP contribution in [0.1, 0.15) is 25.7 Å². The predicted octanol–water partition coefficient (Wildman–Crippen LogP) is 3.52. The normalized spacial score (nSPS) is 23.9. The van der Waals surface area contributed by atoms with Crippen LogP contribution in [0.15, 0.2) is 12.3 Å². The van der Waals surface area contributed by atoms with Crippen LogP contribution in [0, 0.1) is 15.4 Å². The Kier molecular flexibility index (Phi) is 5.51. The molecule has 0 radical (unpaired) electrons. The van der Waals surface area contributed by atoms with E-state index in [0.29, 0.717) is 5.15 Å². The number of halogens is 2. The Labute approximate surface area is 127 Å². The van der Waals surface area contributed by atoms with Crippen molar-refractivity contribution in [3.63, 3.8) is 0 Å². The van der Waals surface area contributed by atoms with Gasteiger partial charge >= 0.3 is 0 Å². The summed E-state index contributed by atoms with van der Waals surface area (Å²) >= 11 is 8.19. The molecule has 3 N–H and O–H groups in total. The maximum atomic E-state index is 5.91. The van der Waals surface area contributed by atoms with Gasteiger partial charge in [0.2, 0.25) is 0 Å². The minimum absolute atomic E-state index is 0.546. The fourth-order valence-electron chi connectivity index (χ4n) is 2.47. The van der Waals surface area contributed by atoms with Gasteiger partial charge in [-0.2, -0.15) is 0 Å². The second-order valence-electron chi connectivity index (χ2n) is 4.99. The predicted molar refractivity (Wildman–Crippen MR) is 85.0 cm³/mol. The molecule has 2 rings (SSSR count). The lowest BCUT2D eigenvalue weighted by Gasteiger charge is -2.28. The van der Waals surface area contributed by atoms with E-state index in [9.17, 15) is 0 Å². The summed E-state index contributed by atoms with van der Waals surface area (Å²) in [6, 6.07) is 1.90. The molecule has 1 heterocycles. The molecule has 1 fully saturated rings. The molecule has 0 spiro atoms. The van der Waals surface area contributed by atoms with Crippen molar-refractivity contribution in [2.45, 2.75) is 25.7 Å². The zero-order valence-corrected chi connectivity index (χ0v) is 13.2. The van der Waals surface area contributed by atoms with E-state index < -0.39 is 0 Å². The average Bonchev–Trinajstić information content (AvgIpc) is 2.40. The van der Waals surface area contributed by atoms with Crippen molar-refractivity contribution in [2.24, 2.45) is 17.6 Å². The number of pyridine rings is 1. The summed E-state index contributed by atoms with van der Waals surface area (Å²) in [6.45, 7) is 1.87. The van der Waals surface area contributed by atoms with Crippen LogP contribution in [0.4, 0.5) is 5.69 Å². The van der Waals surface area contributed by atoms with Gasteiger partial charge in [0.1, 0.15) is 5.15 Å². The van der Waals surface area contributed by atoms with E-state index in [2.05, 4.69) is 32.9 Å². The highest BCUT2D eigenvalue weighted by Crippen LogP contribution is 2.29. The summed E-state index contributed by atoms with van der Waals surface area (Å²) in [5.41, 5.74) is 6.81. The van der Waals surface area contributed by atoms with Gasteiger partial charge in [0.15, 0.2) is 0 Å². The van der Waals surface area contributed by atoms with Crippen LogP contribution in [0.2, 0.25) is 5.15 Å². The molecule has 18 heavy (non-hydrogen) atoms. The first kappa shape index (κ1) is 14.3. The Hall–Kier alpha value is -0.0700. The lowest BCUT2D eigenvalue weighted by Crippen LogP contribution is -2.25. The summed E-state index contributed by atoms with van der Waals surface area (Å²) < 4.78 is 1.12. The number of rotatable bonds is 4. The van der Waals surface area contributed by atoms with Crippen molar-refractivity contribution < 1.29 is 0 Å². The number of nitrogens with one attached hydrogen (secondary N) is 1. The quantitative estimate of drug-likeness (QED) is 0.622.